The van der Waals surface area contributed by atoms with Gasteiger partial charge in [0.1, 0.15) is 5.75 Å². The molecule has 0 saturated heterocycles. The van der Waals surface area contributed by atoms with Crippen LogP contribution in [-0.2, 0) is 6.54 Å². The molecule has 0 amide bonds. The van der Waals surface area contributed by atoms with Gasteiger partial charge in [0.15, 0.2) is 0 Å². The van der Waals surface area contributed by atoms with E-state index in [1.54, 1.807) is 7.11 Å². The van der Waals surface area contributed by atoms with Crippen LogP contribution in [0.15, 0.2) is 12.1 Å². The molecular weight excluding hydrogens is 248 g/mol. The largest absolute Gasteiger partial charge is 0.496 e. The molecule has 1 N–H and O–H groups in total. The second kappa shape index (κ2) is 5.65. The van der Waals surface area contributed by atoms with Crippen LogP contribution in [0, 0.1) is 0 Å². The van der Waals surface area contributed by atoms with Crippen molar-refractivity contribution in [3.05, 3.63) is 23.3 Å². The summed E-state index contributed by atoms with van der Waals surface area (Å²) >= 11 is 0. The van der Waals surface area contributed by atoms with Crippen LogP contribution in [-0.4, -0.2) is 26.2 Å². The Hall–Kier alpha value is -1.22. The SMILES string of the molecule is CCN1c2cc(OC)c(CNC)cc2[C@H](C)CC1(C)C. The van der Waals surface area contributed by atoms with Crippen LogP contribution in [0.1, 0.15) is 51.2 Å². The summed E-state index contributed by atoms with van der Waals surface area (Å²) in [5.41, 5.74) is 4.25. The van der Waals surface area contributed by atoms with E-state index in [2.05, 4.69) is 50.0 Å². The number of benzene rings is 1. The lowest BCUT2D eigenvalue weighted by molar-refractivity contribution is 0.376. The van der Waals surface area contributed by atoms with Gasteiger partial charge < -0.3 is 15.0 Å². The quantitative estimate of drug-likeness (QED) is 0.910. The smallest absolute Gasteiger partial charge is 0.125 e. The van der Waals surface area contributed by atoms with Crippen molar-refractivity contribution < 1.29 is 4.74 Å². The standard InChI is InChI=1S/C17H28N2O/c1-7-19-15-9-16(20-6)13(11-18-5)8-14(15)12(2)10-17(19,3)4/h8-9,12,18H,7,10-11H2,1-6H3/t12-/m1/s1. The number of rotatable bonds is 4. The zero-order valence-electron chi connectivity index (χ0n) is 13.7. The fourth-order valence-corrected chi connectivity index (χ4v) is 3.67. The maximum Gasteiger partial charge on any atom is 0.125 e. The van der Waals surface area contributed by atoms with E-state index in [4.69, 9.17) is 4.74 Å². The monoisotopic (exact) mass is 276 g/mol. The van der Waals surface area contributed by atoms with E-state index in [1.165, 1.54) is 23.2 Å². The lowest BCUT2D eigenvalue weighted by Gasteiger charge is -2.47. The minimum Gasteiger partial charge on any atom is -0.496 e. The van der Waals surface area contributed by atoms with Gasteiger partial charge in [-0.05, 0) is 51.8 Å². The Kier molecular flexibility index (Phi) is 4.28. The van der Waals surface area contributed by atoms with Gasteiger partial charge in [-0.3, -0.25) is 0 Å². The first kappa shape index (κ1) is 15.2. The normalized spacial score (nSPS) is 20.7. The summed E-state index contributed by atoms with van der Waals surface area (Å²) in [6.45, 7) is 11.1. The maximum absolute atomic E-state index is 5.59. The van der Waals surface area contributed by atoms with Crippen molar-refractivity contribution in [3.8, 4) is 5.75 Å². The lowest BCUT2D eigenvalue weighted by Crippen LogP contribution is -2.48. The van der Waals surface area contributed by atoms with E-state index in [-0.39, 0.29) is 5.54 Å². The van der Waals surface area contributed by atoms with Crippen molar-refractivity contribution >= 4 is 5.69 Å². The second-order valence-electron chi connectivity index (χ2n) is 6.42. The lowest BCUT2D eigenvalue weighted by atomic mass is 9.79. The average Bonchev–Trinajstić information content (AvgIpc) is 2.38. The van der Waals surface area contributed by atoms with E-state index < -0.39 is 0 Å². The van der Waals surface area contributed by atoms with Gasteiger partial charge in [-0.15, -0.1) is 0 Å². The van der Waals surface area contributed by atoms with Gasteiger partial charge in [-0.25, -0.2) is 0 Å². The Morgan fingerprint density at radius 1 is 1.40 bits per heavy atom. The number of hydrogen-bond donors (Lipinski definition) is 1. The van der Waals surface area contributed by atoms with Gasteiger partial charge in [0.2, 0.25) is 0 Å². The van der Waals surface area contributed by atoms with Crippen molar-refractivity contribution in [2.45, 2.75) is 52.1 Å². The summed E-state index contributed by atoms with van der Waals surface area (Å²) < 4.78 is 5.59. The highest BCUT2D eigenvalue weighted by Crippen LogP contribution is 2.45. The minimum absolute atomic E-state index is 0.205. The molecule has 1 aliphatic rings. The highest BCUT2D eigenvalue weighted by molar-refractivity contribution is 5.64. The summed E-state index contributed by atoms with van der Waals surface area (Å²) in [5.74, 6) is 1.57. The summed E-state index contributed by atoms with van der Waals surface area (Å²) in [4.78, 5) is 2.51. The van der Waals surface area contributed by atoms with Crippen molar-refractivity contribution in [3.63, 3.8) is 0 Å². The molecule has 112 valence electrons. The number of fused-ring (bicyclic) bond motifs is 1. The molecule has 0 spiro atoms. The third kappa shape index (κ3) is 2.51. The number of nitrogens with zero attached hydrogens (tertiary/aromatic N) is 1. The summed E-state index contributed by atoms with van der Waals surface area (Å²) in [5, 5.41) is 3.23. The van der Waals surface area contributed by atoms with Gasteiger partial charge in [-0.2, -0.15) is 0 Å². The van der Waals surface area contributed by atoms with Crippen molar-refractivity contribution in [1.82, 2.24) is 5.32 Å². The summed E-state index contributed by atoms with van der Waals surface area (Å²) in [6, 6.07) is 4.55. The molecule has 1 aliphatic heterocycles. The Morgan fingerprint density at radius 3 is 2.65 bits per heavy atom. The average molecular weight is 276 g/mol. The molecule has 0 fully saturated rings. The van der Waals surface area contributed by atoms with Crippen molar-refractivity contribution in [1.29, 1.82) is 0 Å². The summed E-state index contributed by atoms with van der Waals surface area (Å²) in [6.07, 6.45) is 1.19. The van der Waals surface area contributed by atoms with E-state index in [9.17, 15) is 0 Å². The molecule has 0 saturated carbocycles. The predicted octanol–water partition coefficient (Wildman–Crippen LogP) is 3.53. The molecule has 1 atom stereocenters. The van der Waals surface area contributed by atoms with Crippen LogP contribution in [0.25, 0.3) is 0 Å². The highest BCUT2D eigenvalue weighted by atomic mass is 16.5. The van der Waals surface area contributed by atoms with E-state index in [0.717, 1.165) is 18.8 Å². The number of methoxy groups -OCH3 is 1. The van der Waals surface area contributed by atoms with Crippen molar-refractivity contribution in [2.24, 2.45) is 0 Å². The first-order valence-electron chi connectivity index (χ1n) is 7.57. The number of nitrogens with one attached hydrogen (secondary N) is 1. The molecule has 1 aromatic rings. The third-order valence-electron chi connectivity index (χ3n) is 4.47. The zero-order valence-corrected chi connectivity index (χ0v) is 13.7. The fourth-order valence-electron chi connectivity index (χ4n) is 3.67. The third-order valence-corrected chi connectivity index (χ3v) is 4.47. The summed E-state index contributed by atoms with van der Waals surface area (Å²) in [7, 11) is 3.73. The molecular formula is C17H28N2O. The highest BCUT2D eigenvalue weighted by Gasteiger charge is 2.36. The molecule has 1 heterocycles. The Labute approximate surface area is 123 Å². The molecule has 2 rings (SSSR count). The fraction of sp³-hybridized carbons (Fsp3) is 0.647. The number of ether oxygens (including phenoxy) is 1. The van der Waals surface area contributed by atoms with Gasteiger partial charge in [0, 0.05) is 35.9 Å². The molecule has 20 heavy (non-hydrogen) atoms. The zero-order chi connectivity index (χ0) is 14.9. The molecule has 0 unspecified atom stereocenters. The minimum atomic E-state index is 0.205. The Bertz CT molecular complexity index is 482. The Morgan fingerprint density at radius 2 is 2.10 bits per heavy atom. The van der Waals surface area contributed by atoms with Crippen LogP contribution in [0.2, 0.25) is 0 Å². The first-order chi connectivity index (χ1) is 9.44. The maximum atomic E-state index is 5.59. The Balaban J connectivity index is 2.56. The molecule has 0 radical (unpaired) electrons. The molecule has 3 heteroatoms. The molecule has 0 aromatic heterocycles. The first-order valence-corrected chi connectivity index (χ1v) is 7.57. The van der Waals surface area contributed by atoms with Crippen molar-refractivity contribution in [2.75, 3.05) is 25.6 Å². The topological polar surface area (TPSA) is 24.5 Å². The van der Waals surface area contributed by atoms with Gasteiger partial charge in [0.05, 0.1) is 7.11 Å². The second-order valence-corrected chi connectivity index (χ2v) is 6.42. The van der Waals surface area contributed by atoms with Gasteiger partial charge >= 0.3 is 0 Å². The van der Waals surface area contributed by atoms with Crippen LogP contribution >= 0.6 is 0 Å². The van der Waals surface area contributed by atoms with Crippen LogP contribution < -0.4 is 15.0 Å². The van der Waals surface area contributed by atoms with E-state index in [0.29, 0.717) is 5.92 Å². The molecule has 3 nitrogen and oxygen atoms in total. The van der Waals surface area contributed by atoms with Gasteiger partial charge in [0.25, 0.3) is 0 Å². The predicted molar refractivity (Wildman–Crippen MR) is 85.9 cm³/mol. The van der Waals surface area contributed by atoms with Crippen LogP contribution in [0.4, 0.5) is 5.69 Å². The van der Waals surface area contributed by atoms with E-state index >= 15 is 0 Å². The molecule has 0 aliphatic carbocycles. The van der Waals surface area contributed by atoms with E-state index in [1.807, 2.05) is 7.05 Å². The number of hydrogen-bond acceptors (Lipinski definition) is 3. The van der Waals surface area contributed by atoms with Crippen LogP contribution in [0.3, 0.4) is 0 Å². The van der Waals surface area contributed by atoms with Crippen LogP contribution in [0.5, 0.6) is 5.75 Å². The molecule has 0 bridgehead atoms. The number of anilines is 1. The molecule has 1 aromatic carbocycles. The van der Waals surface area contributed by atoms with Gasteiger partial charge in [-0.1, -0.05) is 6.92 Å².